The molecule has 1 aromatic rings. The molecule has 1 aliphatic rings. The highest BCUT2D eigenvalue weighted by Gasteiger charge is 2.42. The molecule has 1 saturated heterocycles. The van der Waals surface area contributed by atoms with E-state index >= 15 is 0 Å². The van der Waals surface area contributed by atoms with Gasteiger partial charge < -0.3 is 95.1 Å². The number of ketones is 1. The summed E-state index contributed by atoms with van der Waals surface area (Å²) in [7, 11) is 0. The number of benzene rings is 1. The smallest absolute Gasteiger partial charge is 0.305 e. The summed E-state index contributed by atoms with van der Waals surface area (Å²) in [5, 5.41) is 70.5. The Hall–Kier alpha value is -9.83. The number of primary amides is 2. The molecule has 2 rings (SSSR count). The number of nitrogens with zero attached hydrogens (tertiary/aromatic N) is 1. The van der Waals surface area contributed by atoms with Gasteiger partial charge in [0.25, 0.3) is 5.91 Å². The van der Waals surface area contributed by atoms with Gasteiger partial charge in [0.05, 0.1) is 25.6 Å². The molecule has 1 unspecified atom stereocenters. The maximum atomic E-state index is 14.3. The predicted molar refractivity (Wildman–Crippen MR) is 313 cm³/mol. The number of aliphatic hydroxyl groups excluding tert-OH is 1. The van der Waals surface area contributed by atoms with Crippen molar-refractivity contribution in [1.29, 1.82) is 0 Å². The third-order valence-corrected chi connectivity index (χ3v) is 14.0. The van der Waals surface area contributed by atoms with Gasteiger partial charge in [0, 0.05) is 39.2 Å². The summed E-state index contributed by atoms with van der Waals surface area (Å²) in [5.74, 6) is -20.8. The molecule has 19 N–H and O–H groups in total. The predicted octanol–water partition coefficient (Wildman–Crippen LogP) is -5.95. The number of aromatic hydroxyl groups is 1. The number of hydrogen-bond donors (Lipinski definition) is 17. The minimum absolute atomic E-state index is 0.0153. The number of amides is 13. The Morgan fingerprint density at radius 1 is 0.560 bits per heavy atom. The lowest BCUT2D eigenvalue weighted by molar-refractivity contribution is -0.144. The SMILES string of the molecule is CCC[C@H](NC(=O)C1CCCN1C(=O)[C@@H](NC(=O)[C@@H](NC(=O)[C@H](CCC(=O)O)NC(=O)[C@H](CCC(=O)O)NC(C)=O)C(C)C)C(C)C)C(=O)C(=O)NCC(=O)N[C@@H](CCC(N)=O)C(=O)N[C@H](CC(=O)O)C(=O)N[C@@H](Cc1ccc(O)cc1)C(=O)N[C@@H](CO)C(N)=O. The first-order valence-electron chi connectivity index (χ1n) is 29.0. The summed E-state index contributed by atoms with van der Waals surface area (Å²) < 4.78 is 0. The van der Waals surface area contributed by atoms with Gasteiger partial charge >= 0.3 is 17.9 Å². The quantitative estimate of drug-likeness (QED) is 0.0272. The van der Waals surface area contributed by atoms with E-state index < -0.39 is 224 Å². The van der Waals surface area contributed by atoms with Gasteiger partial charge in [-0.3, -0.25) is 81.5 Å². The van der Waals surface area contributed by atoms with E-state index in [0.29, 0.717) is 5.56 Å². The fourth-order valence-electron chi connectivity index (χ4n) is 9.13. The lowest BCUT2D eigenvalue weighted by Gasteiger charge is -2.33. The topological polar surface area (TPSA) is 567 Å². The fourth-order valence-corrected chi connectivity index (χ4v) is 9.13. The number of Topliss-reactive ketones (excluding diaryl/α,β-unsaturated/α-hetero) is 1. The number of rotatable bonds is 40. The zero-order valence-electron chi connectivity index (χ0n) is 51.1. The molecule has 13 amide bonds. The van der Waals surface area contributed by atoms with Gasteiger partial charge in [-0.2, -0.15) is 0 Å². The zero-order chi connectivity index (χ0) is 69.0. The fraction of sp³-hybridized carbons (Fsp3) is 0.589. The van der Waals surface area contributed by atoms with Gasteiger partial charge in [0.1, 0.15) is 60.1 Å². The average Bonchev–Trinajstić information content (AvgIpc) is 1.86. The van der Waals surface area contributed by atoms with E-state index in [2.05, 4.69) is 53.2 Å². The van der Waals surface area contributed by atoms with Gasteiger partial charge in [0.2, 0.25) is 76.7 Å². The van der Waals surface area contributed by atoms with Crippen LogP contribution in [0.3, 0.4) is 0 Å². The first kappa shape index (κ1) is 77.3. The Morgan fingerprint density at radius 2 is 1.04 bits per heavy atom. The van der Waals surface area contributed by atoms with Crippen molar-refractivity contribution >= 4 is 100 Å². The van der Waals surface area contributed by atoms with Crippen LogP contribution in [0, 0.1) is 11.8 Å². The lowest BCUT2D eigenvalue weighted by Crippen LogP contribution is -2.61. The highest BCUT2D eigenvalue weighted by Crippen LogP contribution is 2.22. The molecular weight excluding hydrogens is 1210 g/mol. The molecule has 0 spiro atoms. The molecular formula is C56H83N13O22. The monoisotopic (exact) mass is 1290 g/mol. The molecule has 1 aromatic carbocycles. The Kier molecular flexibility index (Phi) is 32.2. The van der Waals surface area contributed by atoms with Crippen molar-refractivity contribution in [2.24, 2.45) is 23.3 Å². The number of carbonyl (C=O) groups excluding carboxylic acids is 14. The third-order valence-electron chi connectivity index (χ3n) is 14.0. The minimum atomic E-state index is -2.01. The average molecular weight is 1290 g/mol. The normalized spacial score (nSPS) is 15.6. The van der Waals surface area contributed by atoms with Crippen LogP contribution in [0.25, 0.3) is 0 Å². The van der Waals surface area contributed by atoms with E-state index in [0.717, 1.165) is 11.8 Å². The number of phenols is 1. The summed E-state index contributed by atoms with van der Waals surface area (Å²) in [6.07, 6.45) is -4.37. The van der Waals surface area contributed by atoms with Crippen LogP contribution in [0.15, 0.2) is 24.3 Å². The van der Waals surface area contributed by atoms with Gasteiger partial charge in [-0.1, -0.05) is 53.2 Å². The Balaban J connectivity index is 2.27. The molecule has 91 heavy (non-hydrogen) atoms. The van der Waals surface area contributed by atoms with Crippen LogP contribution >= 0.6 is 0 Å². The molecule has 1 fully saturated rings. The Labute approximate surface area is 521 Å². The molecule has 0 saturated carbocycles. The number of carboxylic acid groups (broad SMARTS) is 3. The van der Waals surface area contributed by atoms with E-state index in [4.69, 9.17) is 16.6 Å². The van der Waals surface area contributed by atoms with Crippen LogP contribution in [-0.4, -0.2) is 211 Å². The number of hydrogen-bond acceptors (Lipinski definition) is 19. The Morgan fingerprint density at radius 3 is 1.55 bits per heavy atom. The summed E-state index contributed by atoms with van der Waals surface area (Å²) in [5.41, 5.74) is 10.8. The molecule has 0 bridgehead atoms. The minimum Gasteiger partial charge on any atom is -0.508 e. The van der Waals surface area contributed by atoms with Crippen molar-refractivity contribution < 1.29 is 107 Å². The van der Waals surface area contributed by atoms with E-state index in [9.17, 15) is 102 Å². The zero-order valence-corrected chi connectivity index (χ0v) is 51.1. The van der Waals surface area contributed by atoms with Gasteiger partial charge in [0.15, 0.2) is 0 Å². The van der Waals surface area contributed by atoms with Crippen LogP contribution in [0.2, 0.25) is 0 Å². The Bertz CT molecular complexity index is 2850. The lowest BCUT2D eigenvalue weighted by atomic mass is 9.98. The summed E-state index contributed by atoms with van der Waals surface area (Å²) in [6, 6.07) is -10.5. The molecule has 35 heteroatoms. The number of phenolic OH excluding ortho intramolecular Hbond substituents is 1. The maximum absolute atomic E-state index is 14.3. The number of aliphatic carboxylic acids is 3. The van der Waals surface area contributed by atoms with Crippen molar-refractivity contribution in [3.63, 3.8) is 0 Å². The molecule has 0 radical (unpaired) electrons. The number of carbonyl (C=O) groups is 17. The summed E-state index contributed by atoms with van der Waals surface area (Å²) in [6.45, 7) is 6.89. The first-order chi connectivity index (χ1) is 42.6. The van der Waals surface area contributed by atoms with E-state index in [1.165, 1.54) is 38.1 Å². The highest BCUT2D eigenvalue weighted by atomic mass is 16.4. The van der Waals surface area contributed by atoms with Gasteiger partial charge in [-0.05, 0) is 68.1 Å². The summed E-state index contributed by atoms with van der Waals surface area (Å²) >= 11 is 0. The third kappa shape index (κ3) is 26.8. The number of aliphatic hydroxyl groups is 1. The molecule has 0 aromatic heterocycles. The molecule has 35 nitrogen and oxygen atoms in total. The second-order valence-corrected chi connectivity index (χ2v) is 22.1. The standard InChI is InChI=1S/C56H83N13O22/c1-7-9-31(62-53(88)38-10-8-21-69(38)56(91)45(27(4)5)68-54(89)44(26(2)3)67-50(85)34(17-20-42(77)78)63-48(83)32(60-28(6)71)16-19-41(75)76)46(81)55(90)59-24-40(74)61-33(15-18-39(57)73)49(84)65-36(23-43(79)80)52(87)64-35(22-29-11-13-30(72)14-12-29)51(86)66-37(25-70)47(58)82/h11-14,26-27,31-38,44-45,70,72H,7-10,15-25H2,1-6H3,(H2,57,73)(H2,58,82)(H,59,90)(H,60,71)(H,61,74)(H,62,88)(H,63,83)(H,64,87)(H,65,84)(H,66,86)(H,67,85)(H,68,89)(H,75,76)(H,77,78)(H,79,80)/t31-,32-,33-,34-,35-,36+,37-,38?,44-,45-/m0/s1. The molecule has 1 heterocycles. The van der Waals surface area contributed by atoms with Gasteiger partial charge in [-0.25, -0.2) is 0 Å². The molecule has 504 valence electrons. The van der Waals surface area contributed by atoms with Crippen molar-refractivity contribution in [3.05, 3.63) is 29.8 Å². The summed E-state index contributed by atoms with van der Waals surface area (Å²) in [4.78, 5) is 222. The number of likely N-dealkylation sites (tertiary alicyclic amines) is 1. The number of nitrogens with two attached hydrogens (primary N) is 2. The van der Waals surface area contributed by atoms with Crippen molar-refractivity contribution in [1.82, 2.24) is 58.1 Å². The van der Waals surface area contributed by atoms with Crippen molar-refractivity contribution in [2.45, 2.75) is 179 Å². The van der Waals surface area contributed by atoms with Crippen LogP contribution < -0.4 is 64.6 Å². The first-order valence-corrected chi connectivity index (χ1v) is 29.0. The maximum Gasteiger partial charge on any atom is 0.305 e. The highest BCUT2D eigenvalue weighted by molar-refractivity contribution is 6.38. The van der Waals surface area contributed by atoms with Crippen LogP contribution in [0.1, 0.15) is 118 Å². The molecule has 10 atom stereocenters. The number of carboxylic acids is 3. The molecule has 1 aliphatic heterocycles. The largest absolute Gasteiger partial charge is 0.508 e. The second kappa shape index (κ2) is 37.9. The van der Waals surface area contributed by atoms with Gasteiger partial charge in [-0.15, -0.1) is 0 Å². The van der Waals surface area contributed by atoms with E-state index in [1.54, 1.807) is 20.8 Å². The van der Waals surface area contributed by atoms with Crippen molar-refractivity contribution in [3.8, 4) is 5.75 Å². The van der Waals surface area contributed by atoms with Crippen LogP contribution in [-0.2, 0) is 87.9 Å². The van der Waals surface area contributed by atoms with Crippen LogP contribution in [0.4, 0.5) is 0 Å². The van der Waals surface area contributed by atoms with E-state index in [-0.39, 0.29) is 50.8 Å². The van der Waals surface area contributed by atoms with Crippen LogP contribution in [0.5, 0.6) is 5.75 Å². The number of nitrogens with one attached hydrogen (secondary N) is 10. The molecule has 0 aliphatic carbocycles. The van der Waals surface area contributed by atoms with E-state index in [1.807, 2.05) is 0 Å². The second-order valence-electron chi connectivity index (χ2n) is 22.1. The van der Waals surface area contributed by atoms with Crippen molar-refractivity contribution in [2.75, 3.05) is 19.7 Å².